The fraction of sp³-hybridized carbons (Fsp3) is 0.188. The van der Waals surface area contributed by atoms with Gasteiger partial charge in [-0.1, -0.05) is 29.3 Å². The number of esters is 1. The van der Waals surface area contributed by atoms with Crippen LogP contribution in [-0.2, 0) is 26.0 Å². The van der Waals surface area contributed by atoms with Gasteiger partial charge in [-0.15, -0.1) is 0 Å². The molecule has 2 rings (SSSR count). The topological polar surface area (TPSA) is 95.7 Å². The van der Waals surface area contributed by atoms with E-state index in [2.05, 4.69) is 0 Å². The summed E-state index contributed by atoms with van der Waals surface area (Å²) in [6, 6.07) is 10.5. The van der Waals surface area contributed by atoms with Crippen LogP contribution in [0.1, 0.15) is 5.56 Å². The first-order valence-corrected chi connectivity index (χ1v) is 9.41. The van der Waals surface area contributed by atoms with E-state index in [4.69, 9.17) is 37.8 Å². The zero-order chi connectivity index (χ0) is 18.4. The van der Waals surface area contributed by atoms with Crippen molar-refractivity contribution in [3.8, 4) is 5.75 Å². The van der Waals surface area contributed by atoms with Crippen LogP contribution in [0.15, 0.2) is 47.4 Å². The van der Waals surface area contributed by atoms with Crippen molar-refractivity contribution in [3.05, 3.63) is 58.1 Å². The molecule has 0 unspecified atom stereocenters. The minimum absolute atomic E-state index is 0.00657. The number of sulfonamides is 1. The van der Waals surface area contributed by atoms with Crippen molar-refractivity contribution in [1.82, 2.24) is 0 Å². The number of primary sulfonamides is 1. The summed E-state index contributed by atoms with van der Waals surface area (Å²) in [4.78, 5) is 11.7. The summed E-state index contributed by atoms with van der Waals surface area (Å²) in [7, 11) is -3.73. The van der Waals surface area contributed by atoms with Gasteiger partial charge >= 0.3 is 5.97 Å². The number of nitrogens with two attached hydrogens (primary N) is 1. The zero-order valence-corrected chi connectivity index (χ0v) is 15.3. The standard InChI is InChI=1S/C16H15Cl2NO5S/c17-14-6-1-11(9-15(14)18)10-16(20)24-8-7-23-12-2-4-13(5-3-12)25(19,21)22/h1-6,9H,7-8,10H2,(H2,19,21,22). The SMILES string of the molecule is NS(=O)(=O)c1ccc(OCCOC(=O)Cc2ccc(Cl)c(Cl)c2)cc1. The first-order chi connectivity index (χ1) is 11.8. The van der Waals surface area contributed by atoms with Crippen molar-refractivity contribution < 1.29 is 22.7 Å². The lowest BCUT2D eigenvalue weighted by Gasteiger charge is -2.08. The third-order valence-electron chi connectivity index (χ3n) is 3.10. The van der Waals surface area contributed by atoms with Gasteiger partial charge in [-0.2, -0.15) is 0 Å². The summed E-state index contributed by atoms with van der Waals surface area (Å²) >= 11 is 11.7. The van der Waals surface area contributed by atoms with E-state index in [0.29, 0.717) is 21.4 Å². The number of benzene rings is 2. The minimum Gasteiger partial charge on any atom is -0.490 e. The second kappa shape index (κ2) is 8.53. The van der Waals surface area contributed by atoms with Crippen LogP contribution >= 0.6 is 23.2 Å². The van der Waals surface area contributed by atoms with Gasteiger partial charge in [0.1, 0.15) is 19.0 Å². The Bertz CT molecular complexity index is 853. The van der Waals surface area contributed by atoms with Crippen molar-refractivity contribution >= 4 is 39.2 Å². The first kappa shape index (κ1) is 19.5. The molecule has 0 radical (unpaired) electrons. The lowest BCUT2D eigenvalue weighted by Crippen LogP contribution is -2.14. The molecule has 9 heteroatoms. The van der Waals surface area contributed by atoms with Crippen LogP contribution in [0.25, 0.3) is 0 Å². The van der Waals surface area contributed by atoms with Crippen LogP contribution in [0.5, 0.6) is 5.75 Å². The van der Waals surface area contributed by atoms with E-state index in [9.17, 15) is 13.2 Å². The highest BCUT2D eigenvalue weighted by molar-refractivity contribution is 7.89. The molecule has 0 aliphatic rings. The summed E-state index contributed by atoms with van der Waals surface area (Å²) < 4.78 is 32.7. The molecule has 0 aliphatic carbocycles. The van der Waals surface area contributed by atoms with E-state index in [1.807, 2.05) is 0 Å². The molecule has 0 aliphatic heterocycles. The Hall–Kier alpha value is -1.80. The molecule has 134 valence electrons. The molecule has 0 aromatic heterocycles. The Morgan fingerprint density at radius 1 is 1.00 bits per heavy atom. The van der Waals surface area contributed by atoms with Crippen molar-refractivity contribution in [1.29, 1.82) is 0 Å². The van der Waals surface area contributed by atoms with Gasteiger partial charge in [0.15, 0.2) is 0 Å². The molecule has 0 spiro atoms. The Morgan fingerprint density at radius 3 is 2.28 bits per heavy atom. The number of hydrogen-bond donors (Lipinski definition) is 1. The van der Waals surface area contributed by atoms with E-state index in [-0.39, 0.29) is 24.5 Å². The molecule has 0 saturated carbocycles. The molecule has 0 amide bonds. The van der Waals surface area contributed by atoms with Gasteiger partial charge in [-0.25, -0.2) is 13.6 Å². The molecule has 0 bridgehead atoms. The van der Waals surface area contributed by atoms with Crippen LogP contribution in [0, 0.1) is 0 Å². The van der Waals surface area contributed by atoms with E-state index >= 15 is 0 Å². The predicted octanol–water partition coefficient (Wildman–Crippen LogP) is 2.81. The van der Waals surface area contributed by atoms with Crippen LogP contribution in [0.4, 0.5) is 0 Å². The minimum atomic E-state index is -3.73. The number of rotatable bonds is 7. The smallest absolute Gasteiger partial charge is 0.310 e. The highest BCUT2D eigenvalue weighted by Crippen LogP contribution is 2.22. The molecule has 2 aromatic carbocycles. The van der Waals surface area contributed by atoms with E-state index < -0.39 is 16.0 Å². The Labute approximate surface area is 155 Å². The average molecular weight is 404 g/mol. The molecule has 2 aromatic rings. The van der Waals surface area contributed by atoms with Gasteiger partial charge in [0.05, 0.1) is 21.4 Å². The number of hydrogen-bond acceptors (Lipinski definition) is 5. The Morgan fingerprint density at radius 2 is 1.68 bits per heavy atom. The van der Waals surface area contributed by atoms with Gasteiger partial charge in [0.25, 0.3) is 0 Å². The highest BCUT2D eigenvalue weighted by atomic mass is 35.5. The third kappa shape index (κ3) is 6.21. The normalized spacial score (nSPS) is 11.2. The van der Waals surface area contributed by atoms with Crippen LogP contribution in [0.2, 0.25) is 10.0 Å². The summed E-state index contributed by atoms with van der Waals surface area (Å²) in [6.07, 6.45) is 0.0694. The third-order valence-corrected chi connectivity index (χ3v) is 4.77. The maximum absolute atomic E-state index is 11.7. The van der Waals surface area contributed by atoms with E-state index in [0.717, 1.165) is 0 Å². The van der Waals surface area contributed by atoms with Crippen molar-refractivity contribution in [2.75, 3.05) is 13.2 Å². The summed E-state index contributed by atoms with van der Waals surface area (Å²) in [6.45, 7) is 0.179. The molecule has 2 N–H and O–H groups in total. The van der Waals surface area contributed by atoms with Crippen molar-refractivity contribution in [2.45, 2.75) is 11.3 Å². The van der Waals surface area contributed by atoms with Crippen LogP contribution < -0.4 is 9.88 Å². The van der Waals surface area contributed by atoms with Crippen LogP contribution in [-0.4, -0.2) is 27.6 Å². The number of carbonyl (C=O) groups is 1. The molecule has 25 heavy (non-hydrogen) atoms. The molecular weight excluding hydrogens is 389 g/mol. The number of carbonyl (C=O) groups excluding carboxylic acids is 1. The fourth-order valence-corrected chi connectivity index (χ4v) is 2.74. The lowest BCUT2D eigenvalue weighted by molar-refractivity contribution is -0.143. The summed E-state index contributed by atoms with van der Waals surface area (Å²) in [5, 5.41) is 5.79. The predicted molar refractivity (Wildman–Crippen MR) is 94.4 cm³/mol. The van der Waals surface area contributed by atoms with Gasteiger partial charge in [-0.05, 0) is 42.0 Å². The maximum Gasteiger partial charge on any atom is 0.310 e. The highest BCUT2D eigenvalue weighted by Gasteiger charge is 2.08. The number of ether oxygens (including phenoxy) is 2. The monoisotopic (exact) mass is 403 g/mol. The quantitative estimate of drug-likeness (QED) is 0.566. The van der Waals surface area contributed by atoms with Gasteiger partial charge in [-0.3, -0.25) is 4.79 Å². The zero-order valence-electron chi connectivity index (χ0n) is 12.9. The Balaban J connectivity index is 1.75. The van der Waals surface area contributed by atoms with Crippen molar-refractivity contribution in [2.24, 2.45) is 5.14 Å². The van der Waals surface area contributed by atoms with E-state index in [1.165, 1.54) is 24.3 Å². The molecular formula is C16H15Cl2NO5S. The largest absolute Gasteiger partial charge is 0.490 e. The van der Waals surface area contributed by atoms with Crippen molar-refractivity contribution in [3.63, 3.8) is 0 Å². The summed E-state index contributed by atoms with van der Waals surface area (Å²) in [5.41, 5.74) is 0.693. The Kier molecular flexibility index (Phi) is 6.66. The second-order valence-corrected chi connectivity index (χ2v) is 7.39. The maximum atomic E-state index is 11.7. The van der Waals surface area contributed by atoms with Gasteiger partial charge < -0.3 is 9.47 Å². The molecule has 6 nitrogen and oxygen atoms in total. The molecule has 0 saturated heterocycles. The molecule has 0 fully saturated rings. The fourth-order valence-electron chi connectivity index (χ4n) is 1.91. The first-order valence-electron chi connectivity index (χ1n) is 7.11. The lowest BCUT2D eigenvalue weighted by atomic mass is 10.1. The van der Waals surface area contributed by atoms with Gasteiger partial charge in [0.2, 0.25) is 10.0 Å². The van der Waals surface area contributed by atoms with Crippen LogP contribution in [0.3, 0.4) is 0 Å². The molecule has 0 heterocycles. The van der Waals surface area contributed by atoms with E-state index in [1.54, 1.807) is 18.2 Å². The summed E-state index contributed by atoms with van der Waals surface area (Å²) in [5.74, 6) is 0.0134. The number of halogens is 2. The second-order valence-electron chi connectivity index (χ2n) is 5.01. The van der Waals surface area contributed by atoms with Gasteiger partial charge in [0, 0.05) is 0 Å². The molecule has 0 atom stereocenters. The average Bonchev–Trinajstić information content (AvgIpc) is 2.55.